The molecule has 0 aromatic carbocycles. The zero-order chi connectivity index (χ0) is 11.0. The van der Waals surface area contributed by atoms with Gasteiger partial charge in [-0.05, 0) is 0 Å². The van der Waals surface area contributed by atoms with Gasteiger partial charge in [0, 0.05) is 0 Å². The van der Waals surface area contributed by atoms with Gasteiger partial charge in [0.25, 0.3) is 0 Å². The van der Waals surface area contributed by atoms with Crippen LogP contribution in [0.3, 0.4) is 0 Å². The number of rotatable bonds is 2. The van der Waals surface area contributed by atoms with Crippen molar-refractivity contribution in [2.75, 3.05) is 0 Å². The van der Waals surface area contributed by atoms with Crippen LogP contribution in [-0.4, -0.2) is 30.6 Å². The Bertz CT molecular complexity index is 587. The molecule has 2 N–H and O–H groups in total. The highest BCUT2D eigenvalue weighted by Crippen LogP contribution is 2.15. The molecule has 0 unspecified atom stereocenters. The van der Waals surface area contributed by atoms with Gasteiger partial charge in [-0.3, -0.25) is 9.78 Å². The van der Waals surface area contributed by atoms with Crippen LogP contribution in [0.5, 0.6) is 0 Å². The van der Waals surface area contributed by atoms with E-state index in [1.54, 1.807) is 0 Å². The summed E-state index contributed by atoms with van der Waals surface area (Å²) in [7, 11) is 0. The van der Waals surface area contributed by atoms with Gasteiger partial charge in [0.1, 0.15) is 17.2 Å². The van der Waals surface area contributed by atoms with Crippen molar-refractivity contribution in [1.29, 1.82) is 0 Å². The Morgan fingerprint density at radius 2 is 2.40 bits per heavy atom. The van der Waals surface area contributed by atoms with Crippen LogP contribution in [0.25, 0.3) is 11.2 Å². The third-order valence-corrected chi connectivity index (χ3v) is 2.02. The Balaban J connectivity index is 2.68. The normalized spacial score (nSPS) is 10.7. The van der Waals surface area contributed by atoms with E-state index >= 15 is 0 Å². The second-order valence-electron chi connectivity index (χ2n) is 2.79. The molecule has 2 rings (SSSR count). The quantitative estimate of drug-likeness (QED) is 0.697. The number of aromatic amines is 1. The van der Waals surface area contributed by atoms with Crippen molar-refractivity contribution in [2.24, 2.45) is 0 Å². The first kappa shape index (κ1) is 9.66. The molecule has 0 bridgehead atoms. The molecule has 0 atom stereocenters. The number of carbonyl (C=O) groups is 1. The maximum absolute atomic E-state index is 11.0. The number of hydrogen-bond donors (Lipinski definition) is 2. The average molecular weight is 229 g/mol. The number of imidazole rings is 1. The zero-order valence-electron chi connectivity index (χ0n) is 7.27. The molecule has 7 nitrogen and oxygen atoms in total. The highest BCUT2D eigenvalue weighted by atomic mass is 35.5. The first-order chi connectivity index (χ1) is 7.08. The molecule has 0 amide bonds. The van der Waals surface area contributed by atoms with E-state index in [0.29, 0.717) is 0 Å². The number of aromatic nitrogens is 4. The molecule has 8 heteroatoms. The predicted molar refractivity (Wildman–Crippen MR) is 50.8 cm³/mol. The van der Waals surface area contributed by atoms with Gasteiger partial charge < -0.3 is 9.67 Å². The summed E-state index contributed by atoms with van der Waals surface area (Å²) in [5.41, 5.74) is -0.205. The molecule has 2 aromatic heterocycles. The molecule has 0 radical (unpaired) electrons. The lowest BCUT2D eigenvalue weighted by Crippen LogP contribution is -2.14. The van der Waals surface area contributed by atoms with E-state index in [1.807, 2.05) is 0 Å². The summed E-state index contributed by atoms with van der Waals surface area (Å²) in [5.74, 6) is -1.05. The van der Waals surface area contributed by atoms with Crippen molar-refractivity contribution in [3.63, 3.8) is 0 Å². The molecular weight excluding hydrogens is 224 g/mol. The number of nitrogens with zero attached hydrogens (tertiary/aromatic N) is 3. The van der Waals surface area contributed by atoms with Crippen molar-refractivity contribution < 1.29 is 9.90 Å². The van der Waals surface area contributed by atoms with Crippen LogP contribution in [0, 0.1) is 0 Å². The fraction of sp³-hybridized carbons (Fsp3) is 0.143. The smallest absolute Gasteiger partial charge is 0.348 e. The van der Waals surface area contributed by atoms with Gasteiger partial charge in [0.15, 0.2) is 5.65 Å². The molecule has 0 spiro atoms. The number of carboxylic acids is 1. The molecule has 15 heavy (non-hydrogen) atoms. The Morgan fingerprint density at radius 3 is 3.07 bits per heavy atom. The molecule has 0 aliphatic heterocycles. The van der Waals surface area contributed by atoms with Crippen LogP contribution in [0.4, 0.5) is 0 Å². The minimum atomic E-state index is -1.05. The Labute approximate surface area is 87.3 Å². The number of halogens is 1. The standard InChI is InChI=1S/C7H5ClN4O3/c8-5-4-6(11-7(15)10-5)12(2-9-4)1-3(13)14/h2H,1H2,(H,13,14)(H,10,11,15). The number of hydrogen-bond acceptors (Lipinski definition) is 4. The minimum absolute atomic E-state index is 0.0501. The topological polar surface area (TPSA) is 101 Å². The van der Waals surface area contributed by atoms with Crippen LogP contribution in [0.1, 0.15) is 0 Å². The first-order valence-electron chi connectivity index (χ1n) is 3.90. The van der Waals surface area contributed by atoms with E-state index in [4.69, 9.17) is 16.7 Å². The van der Waals surface area contributed by atoms with E-state index in [0.717, 1.165) is 0 Å². The average Bonchev–Trinajstić information content (AvgIpc) is 2.48. The second kappa shape index (κ2) is 3.35. The summed E-state index contributed by atoms with van der Waals surface area (Å²) >= 11 is 5.69. The summed E-state index contributed by atoms with van der Waals surface area (Å²) in [6, 6.07) is 0. The molecule has 2 heterocycles. The Morgan fingerprint density at radius 1 is 1.67 bits per heavy atom. The number of nitrogens with one attached hydrogen (secondary N) is 1. The molecule has 0 aliphatic rings. The van der Waals surface area contributed by atoms with Gasteiger partial charge in [0.05, 0.1) is 6.33 Å². The summed E-state index contributed by atoms with van der Waals surface area (Å²) in [6.07, 6.45) is 1.27. The van der Waals surface area contributed by atoms with Crippen molar-refractivity contribution in [3.05, 3.63) is 22.0 Å². The molecule has 0 fully saturated rings. The lowest BCUT2D eigenvalue weighted by molar-refractivity contribution is -0.137. The summed E-state index contributed by atoms with van der Waals surface area (Å²) in [4.78, 5) is 31.2. The fourth-order valence-electron chi connectivity index (χ4n) is 1.19. The van der Waals surface area contributed by atoms with Crippen molar-refractivity contribution in [1.82, 2.24) is 19.5 Å². The van der Waals surface area contributed by atoms with Gasteiger partial charge in [-0.25, -0.2) is 9.78 Å². The Kier molecular flexibility index (Phi) is 2.16. The summed E-state index contributed by atoms with van der Waals surface area (Å²) in [5, 5.41) is 8.64. The first-order valence-corrected chi connectivity index (χ1v) is 4.28. The third-order valence-electron chi connectivity index (χ3n) is 1.75. The van der Waals surface area contributed by atoms with Crippen molar-refractivity contribution in [2.45, 2.75) is 6.54 Å². The maximum Gasteiger partial charge on any atom is 0.348 e. The zero-order valence-corrected chi connectivity index (χ0v) is 8.02. The van der Waals surface area contributed by atoms with E-state index < -0.39 is 11.7 Å². The maximum atomic E-state index is 11.0. The van der Waals surface area contributed by atoms with Gasteiger partial charge in [-0.1, -0.05) is 11.6 Å². The number of H-pyrrole nitrogens is 1. The molecule has 0 saturated heterocycles. The summed E-state index contributed by atoms with van der Waals surface area (Å²) in [6.45, 7) is -0.316. The monoisotopic (exact) mass is 228 g/mol. The molecular formula is C7H5ClN4O3. The number of carboxylic acid groups (broad SMARTS) is 1. The van der Waals surface area contributed by atoms with E-state index in [-0.39, 0.29) is 22.9 Å². The fourth-order valence-corrected chi connectivity index (χ4v) is 1.40. The number of fused-ring (bicyclic) bond motifs is 1. The van der Waals surface area contributed by atoms with Crippen molar-refractivity contribution in [3.8, 4) is 0 Å². The van der Waals surface area contributed by atoms with E-state index in [1.165, 1.54) is 10.9 Å². The van der Waals surface area contributed by atoms with Crippen LogP contribution >= 0.6 is 11.6 Å². The highest BCUT2D eigenvalue weighted by Gasteiger charge is 2.11. The number of aliphatic carboxylic acids is 1. The largest absolute Gasteiger partial charge is 0.480 e. The molecule has 2 aromatic rings. The van der Waals surface area contributed by atoms with Gasteiger partial charge in [0.2, 0.25) is 0 Å². The van der Waals surface area contributed by atoms with Crippen LogP contribution in [-0.2, 0) is 11.3 Å². The van der Waals surface area contributed by atoms with Gasteiger partial charge in [-0.15, -0.1) is 0 Å². The highest BCUT2D eigenvalue weighted by molar-refractivity contribution is 6.33. The molecule has 78 valence electrons. The van der Waals surface area contributed by atoms with Crippen LogP contribution in [0.15, 0.2) is 11.1 Å². The van der Waals surface area contributed by atoms with Gasteiger partial charge in [-0.2, -0.15) is 4.98 Å². The SMILES string of the molecule is O=C(O)Cn1cnc2c(Cl)[nH]c(=O)nc21. The molecule has 0 aliphatic carbocycles. The molecule has 0 saturated carbocycles. The lowest BCUT2D eigenvalue weighted by atomic mass is 10.5. The predicted octanol–water partition coefficient (Wildman–Crippen LogP) is -0.142. The van der Waals surface area contributed by atoms with Crippen molar-refractivity contribution >= 4 is 28.7 Å². The second-order valence-corrected chi connectivity index (χ2v) is 3.17. The summed E-state index contributed by atoms with van der Waals surface area (Å²) < 4.78 is 1.23. The Hall–Kier alpha value is -1.89. The minimum Gasteiger partial charge on any atom is -0.480 e. The van der Waals surface area contributed by atoms with E-state index in [9.17, 15) is 9.59 Å². The van der Waals surface area contributed by atoms with Crippen LogP contribution in [0.2, 0.25) is 5.15 Å². The lowest BCUT2D eigenvalue weighted by Gasteiger charge is -1.97. The van der Waals surface area contributed by atoms with Crippen LogP contribution < -0.4 is 5.69 Å². The van der Waals surface area contributed by atoms with Gasteiger partial charge >= 0.3 is 11.7 Å². The van der Waals surface area contributed by atoms with E-state index in [2.05, 4.69) is 15.0 Å². The third kappa shape index (κ3) is 1.68.